The highest BCUT2D eigenvalue weighted by Crippen LogP contribution is 2.30. The molecule has 3 heterocycles. The summed E-state index contributed by atoms with van der Waals surface area (Å²) in [6, 6.07) is 6.78. The number of ketones is 1. The Morgan fingerprint density at radius 2 is 2.06 bits per heavy atom. The van der Waals surface area contributed by atoms with Gasteiger partial charge in [0.25, 0.3) is 5.56 Å². The van der Waals surface area contributed by atoms with Crippen molar-refractivity contribution in [3.63, 3.8) is 0 Å². The van der Waals surface area contributed by atoms with E-state index in [2.05, 4.69) is 5.32 Å². The number of nitrogens with one attached hydrogen (secondary N) is 1. The molecule has 9 heteroatoms. The first-order valence-corrected chi connectivity index (χ1v) is 12.9. The molecular formula is C24H27N3O4S2. The van der Waals surface area contributed by atoms with Gasteiger partial charge in [-0.2, -0.15) is 0 Å². The summed E-state index contributed by atoms with van der Waals surface area (Å²) in [5.74, 6) is -0.113. The Kier molecular flexibility index (Phi) is 7.31. The fraction of sp³-hybridized carbons (Fsp3) is 0.417. The quantitative estimate of drug-likeness (QED) is 0.288. The highest BCUT2D eigenvalue weighted by Gasteiger charge is 2.23. The molecule has 4 rings (SSSR count). The average Bonchev–Trinajstić information content (AvgIpc) is 3.41. The monoisotopic (exact) mass is 485 g/mol. The van der Waals surface area contributed by atoms with Crippen molar-refractivity contribution in [1.82, 2.24) is 9.55 Å². The van der Waals surface area contributed by atoms with Crippen molar-refractivity contribution in [2.45, 2.75) is 57.8 Å². The van der Waals surface area contributed by atoms with E-state index in [1.54, 1.807) is 28.8 Å². The highest BCUT2D eigenvalue weighted by atomic mass is 32.2. The number of fused-ring (bicyclic) bond motifs is 1. The van der Waals surface area contributed by atoms with Gasteiger partial charge < -0.3 is 10.1 Å². The zero-order valence-corrected chi connectivity index (χ0v) is 20.6. The maximum Gasteiger partial charge on any atom is 0.263 e. The van der Waals surface area contributed by atoms with E-state index >= 15 is 0 Å². The van der Waals surface area contributed by atoms with Crippen LogP contribution in [0.25, 0.3) is 10.2 Å². The molecule has 0 aliphatic carbocycles. The number of benzene rings is 1. The van der Waals surface area contributed by atoms with Gasteiger partial charge in [-0.15, -0.1) is 11.3 Å². The Morgan fingerprint density at radius 3 is 2.70 bits per heavy atom. The van der Waals surface area contributed by atoms with Crippen LogP contribution >= 0.6 is 23.1 Å². The molecule has 1 aliphatic heterocycles. The SMILES string of the molecule is CCc1c(C)sc2nc(SCC(=O)Nc3ccc(C(C)=O)cc3)n(CC3CCCO3)c(=O)c12. The van der Waals surface area contributed by atoms with Gasteiger partial charge >= 0.3 is 0 Å². The number of hydrogen-bond acceptors (Lipinski definition) is 7. The largest absolute Gasteiger partial charge is 0.376 e. The van der Waals surface area contributed by atoms with Gasteiger partial charge in [-0.3, -0.25) is 19.0 Å². The van der Waals surface area contributed by atoms with Gasteiger partial charge in [-0.1, -0.05) is 18.7 Å². The molecule has 0 saturated carbocycles. The van der Waals surface area contributed by atoms with Gasteiger partial charge in [0.1, 0.15) is 4.83 Å². The fourth-order valence-electron chi connectivity index (χ4n) is 4.04. The molecule has 7 nitrogen and oxygen atoms in total. The van der Waals surface area contributed by atoms with Crippen molar-refractivity contribution >= 4 is 50.7 Å². The second-order valence-electron chi connectivity index (χ2n) is 8.09. The first-order valence-electron chi connectivity index (χ1n) is 11.1. The predicted molar refractivity (Wildman–Crippen MR) is 133 cm³/mol. The standard InChI is InChI=1S/C24H27N3O4S2/c1-4-19-15(3)33-22-21(19)23(30)27(12-18-6-5-11-31-18)24(26-22)32-13-20(29)25-17-9-7-16(8-10-17)14(2)28/h7-10,18H,4-6,11-13H2,1-3H3,(H,25,29). The summed E-state index contributed by atoms with van der Waals surface area (Å²) in [6.45, 7) is 6.72. The molecule has 33 heavy (non-hydrogen) atoms. The lowest BCUT2D eigenvalue weighted by atomic mass is 10.1. The summed E-state index contributed by atoms with van der Waals surface area (Å²) >= 11 is 2.78. The third-order valence-electron chi connectivity index (χ3n) is 5.75. The van der Waals surface area contributed by atoms with Crippen LogP contribution < -0.4 is 10.9 Å². The molecule has 1 aromatic carbocycles. The second-order valence-corrected chi connectivity index (χ2v) is 10.2. The topological polar surface area (TPSA) is 90.3 Å². The second kappa shape index (κ2) is 10.2. The molecule has 1 saturated heterocycles. The number of carbonyl (C=O) groups excluding carboxylic acids is 2. The molecule has 2 aromatic heterocycles. The molecule has 1 amide bonds. The Bertz CT molecular complexity index is 1240. The van der Waals surface area contributed by atoms with Crippen LogP contribution in [0.15, 0.2) is 34.2 Å². The van der Waals surface area contributed by atoms with Crippen LogP contribution in [0, 0.1) is 6.92 Å². The molecule has 0 bridgehead atoms. The molecule has 1 atom stereocenters. The number of hydrogen-bond donors (Lipinski definition) is 1. The number of nitrogens with zero attached hydrogens (tertiary/aromatic N) is 2. The third-order valence-corrected chi connectivity index (χ3v) is 7.77. The van der Waals surface area contributed by atoms with E-state index in [1.807, 2.05) is 13.8 Å². The summed E-state index contributed by atoms with van der Waals surface area (Å²) in [7, 11) is 0. The van der Waals surface area contributed by atoms with E-state index in [9.17, 15) is 14.4 Å². The smallest absolute Gasteiger partial charge is 0.263 e. The van der Waals surface area contributed by atoms with Crippen LogP contribution in [0.5, 0.6) is 0 Å². The van der Waals surface area contributed by atoms with E-state index in [0.29, 0.717) is 34.9 Å². The van der Waals surface area contributed by atoms with Crippen molar-refractivity contribution in [3.05, 3.63) is 50.6 Å². The van der Waals surface area contributed by atoms with Crippen LogP contribution in [0.2, 0.25) is 0 Å². The first kappa shape index (κ1) is 23.7. The molecule has 174 valence electrons. The normalized spacial score (nSPS) is 15.8. The average molecular weight is 486 g/mol. The Morgan fingerprint density at radius 1 is 1.30 bits per heavy atom. The Balaban J connectivity index is 1.57. The van der Waals surface area contributed by atoms with E-state index < -0.39 is 0 Å². The fourth-order valence-corrected chi connectivity index (χ4v) is 6.00. The number of rotatable bonds is 8. The summed E-state index contributed by atoms with van der Waals surface area (Å²) in [5, 5.41) is 4.06. The lowest BCUT2D eigenvalue weighted by molar-refractivity contribution is -0.113. The van der Waals surface area contributed by atoms with Crippen molar-refractivity contribution in [3.8, 4) is 0 Å². The van der Waals surface area contributed by atoms with Crippen LogP contribution in [-0.2, 0) is 22.5 Å². The number of thioether (sulfide) groups is 1. The van der Waals surface area contributed by atoms with E-state index in [0.717, 1.165) is 34.5 Å². The number of amides is 1. The molecule has 1 unspecified atom stereocenters. The third kappa shape index (κ3) is 5.20. The van der Waals surface area contributed by atoms with Gasteiger partial charge in [-0.25, -0.2) is 4.98 Å². The minimum Gasteiger partial charge on any atom is -0.376 e. The highest BCUT2D eigenvalue weighted by molar-refractivity contribution is 7.99. The van der Waals surface area contributed by atoms with Gasteiger partial charge in [-0.05, 0) is 62.9 Å². The van der Waals surface area contributed by atoms with Gasteiger partial charge in [0.15, 0.2) is 10.9 Å². The lowest BCUT2D eigenvalue weighted by Gasteiger charge is -2.16. The zero-order chi connectivity index (χ0) is 23.5. The van der Waals surface area contributed by atoms with Crippen molar-refractivity contribution in [2.24, 2.45) is 0 Å². The number of Topliss-reactive ketones (excluding diaryl/α,β-unsaturated/α-hetero) is 1. The number of ether oxygens (including phenoxy) is 1. The van der Waals surface area contributed by atoms with Crippen molar-refractivity contribution in [2.75, 3.05) is 17.7 Å². The number of anilines is 1. The Hall–Kier alpha value is -2.49. The Labute approximate surface area is 200 Å². The lowest BCUT2D eigenvalue weighted by Crippen LogP contribution is -2.29. The maximum absolute atomic E-state index is 13.5. The van der Waals surface area contributed by atoms with Crippen LogP contribution in [0.3, 0.4) is 0 Å². The number of aryl methyl sites for hydroxylation is 2. The molecule has 1 aliphatic rings. The van der Waals surface area contributed by atoms with Crippen LogP contribution in [-0.4, -0.2) is 39.7 Å². The van der Waals surface area contributed by atoms with Crippen molar-refractivity contribution < 1.29 is 14.3 Å². The maximum atomic E-state index is 13.5. The molecule has 0 radical (unpaired) electrons. The van der Waals surface area contributed by atoms with E-state index in [4.69, 9.17) is 9.72 Å². The molecule has 1 fully saturated rings. The first-order chi connectivity index (χ1) is 15.9. The molecule has 1 N–H and O–H groups in total. The van der Waals surface area contributed by atoms with Crippen molar-refractivity contribution in [1.29, 1.82) is 0 Å². The number of thiophene rings is 1. The molecule has 0 spiro atoms. The molecule has 3 aromatic rings. The minimum absolute atomic E-state index is 0.0141. The summed E-state index contributed by atoms with van der Waals surface area (Å²) in [5.41, 5.74) is 2.21. The van der Waals surface area contributed by atoms with Gasteiger partial charge in [0.05, 0.1) is 23.8 Å². The predicted octanol–water partition coefficient (Wildman–Crippen LogP) is 4.44. The van der Waals surface area contributed by atoms with Crippen LogP contribution in [0.1, 0.15) is 47.5 Å². The van der Waals surface area contributed by atoms with Crippen LogP contribution in [0.4, 0.5) is 5.69 Å². The number of aromatic nitrogens is 2. The van der Waals surface area contributed by atoms with Gasteiger partial charge in [0, 0.05) is 22.7 Å². The summed E-state index contributed by atoms with van der Waals surface area (Å²) in [4.78, 5) is 44.1. The summed E-state index contributed by atoms with van der Waals surface area (Å²) < 4.78 is 7.46. The van der Waals surface area contributed by atoms with Gasteiger partial charge in [0.2, 0.25) is 5.91 Å². The zero-order valence-electron chi connectivity index (χ0n) is 19.0. The van der Waals surface area contributed by atoms with E-state index in [1.165, 1.54) is 30.0 Å². The minimum atomic E-state index is -0.204. The number of carbonyl (C=O) groups is 2. The van der Waals surface area contributed by atoms with E-state index in [-0.39, 0.29) is 29.1 Å². The summed E-state index contributed by atoms with van der Waals surface area (Å²) in [6.07, 6.45) is 2.66. The molecular weight excluding hydrogens is 458 g/mol.